The van der Waals surface area contributed by atoms with Crippen LogP contribution in [0.5, 0.6) is 0 Å². The summed E-state index contributed by atoms with van der Waals surface area (Å²) in [5.41, 5.74) is 0. The van der Waals surface area contributed by atoms with E-state index in [2.05, 4.69) is 0 Å². The molecule has 0 bridgehead atoms. The highest BCUT2D eigenvalue weighted by molar-refractivity contribution is 7.99. The summed E-state index contributed by atoms with van der Waals surface area (Å²) >= 11 is 0.488. The van der Waals surface area contributed by atoms with Gasteiger partial charge in [0.05, 0.1) is 11.3 Å². The SMILES string of the molecule is O=C1CC(=O)CC(CCSc2c(F)c(F)c(F)c(F)c2F)C1. The molecule has 1 aliphatic rings. The summed E-state index contributed by atoms with van der Waals surface area (Å²) < 4.78 is 65.8. The maximum Gasteiger partial charge on any atom is 0.200 e. The molecule has 8 heteroatoms. The monoisotopic (exact) mass is 338 g/mol. The van der Waals surface area contributed by atoms with E-state index in [0.717, 1.165) is 0 Å². The highest BCUT2D eigenvalue weighted by atomic mass is 32.2. The fourth-order valence-electron chi connectivity index (χ4n) is 2.32. The smallest absolute Gasteiger partial charge is 0.200 e. The van der Waals surface area contributed by atoms with Crippen molar-refractivity contribution in [3.63, 3.8) is 0 Å². The standard InChI is InChI=1S/C14H11F5O2S/c15-9-10(16)12(18)14(13(19)11(9)17)22-2-1-6-3-7(20)5-8(21)4-6/h6H,1-5H2. The Hall–Kier alpha value is -1.44. The van der Waals surface area contributed by atoms with Gasteiger partial charge in [0, 0.05) is 12.8 Å². The molecule has 0 N–H and O–H groups in total. The van der Waals surface area contributed by atoms with Crippen molar-refractivity contribution in [3.8, 4) is 0 Å². The number of Topliss-reactive ketones (excluding diaryl/α,β-unsaturated/α-hetero) is 2. The molecule has 120 valence electrons. The summed E-state index contributed by atoms with van der Waals surface area (Å²) in [6.07, 6.45) is 0.579. The Morgan fingerprint density at radius 2 is 1.27 bits per heavy atom. The Morgan fingerprint density at radius 1 is 0.818 bits per heavy atom. The third-order valence-corrected chi connectivity index (χ3v) is 4.46. The van der Waals surface area contributed by atoms with Crippen LogP contribution >= 0.6 is 11.8 Å². The minimum absolute atomic E-state index is 0.0452. The second kappa shape index (κ2) is 6.76. The Bertz CT molecular complexity index is 587. The molecule has 1 aromatic rings. The average molecular weight is 338 g/mol. The second-order valence-electron chi connectivity index (χ2n) is 5.06. The number of hydrogen-bond acceptors (Lipinski definition) is 3. The molecule has 0 heterocycles. The summed E-state index contributed by atoms with van der Waals surface area (Å²) in [4.78, 5) is 21.6. The van der Waals surface area contributed by atoms with Crippen LogP contribution in [-0.2, 0) is 9.59 Å². The molecular weight excluding hydrogens is 327 g/mol. The van der Waals surface area contributed by atoms with Crippen molar-refractivity contribution in [2.75, 3.05) is 5.75 Å². The van der Waals surface area contributed by atoms with Gasteiger partial charge in [0.1, 0.15) is 11.6 Å². The maximum absolute atomic E-state index is 13.4. The molecule has 0 spiro atoms. The summed E-state index contributed by atoms with van der Waals surface area (Å²) in [5.74, 6) is -10.5. The lowest BCUT2D eigenvalue weighted by atomic mass is 9.86. The minimum atomic E-state index is -2.19. The fourth-order valence-corrected chi connectivity index (χ4v) is 3.41. The number of carbonyl (C=O) groups excluding carboxylic acids is 2. The zero-order valence-corrected chi connectivity index (χ0v) is 12.0. The Morgan fingerprint density at radius 3 is 1.77 bits per heavy atom. The van der Waals surface area contributed by atoms with Gasteiger partial charge in [-0.25, -0.2) is 22.0 Å². The molecule has 1 aliphatic carbocycles. The van der Waals surface area contributed by atoms with Crippen LogP contribution in [0, 0.1) is 35.0 Å². The van der Waals surface area contributed by atoms with Gasteiger partial charge in [-0.2, -0.15) is 0 Å². The normalized spacial score (nSPS) is 16.4. The van der Waals surface area contributed by atoms with Crippen LogP contribution in [0.1, 0.15) is 25.7 Å². The highest BCUT2D eigenvalue weighted by Gasteiger charge is 2.28. The Labute approximate surface area is 127 Å². The molecule has 2 nitrogen and oxygen atoms in total. The van der Waals surface area contributed by atoms with Crippen LogP contribution in [0.25, 0.3) is 0 Å². The van der Waals surface area contributed by atoms with Crippen molar-refractivity contribution in [1.29, 1.82) is 0 Å². The molecule has 1 fully saturated rings. The first kappa shape index (κ1) is 16.9. The molecule has 0 radical (unpaired) electrons. The van der Waals surface area contributed by atoms with Crippen molar-refractivity contribution >= 4 is 23.3 Å². The first-order valence-electron chi connectivity index (χ1n) is 6.48. The van der Waals surface area contributed by atoms with Gasteiger partial charge in [-0.3, -0.25) is 9.59 Å². The zero-order chi connectivity index (χ0) is 16.4. The topological polar surface area (TPSA) is 34.1 Å². The molecule has 1 aromatic carbocycles. The fraction of sp³-hybridized carbons (Fsp3) is 0.429. The van der Waals surface area contributed by atoms with Gasteiger partial charge in [0.15, 0.2) is 23.3 Å². The van der Waals surface area contributed by atoms with E-state index in [4.69, 9.17) is 0 Å². The first-order valence-corrected chi connectivity index (χ1v) is 7.47. The van der Waals surface area contributed by atoms with E-state index in [9.17, 15) is 31.5 Å². The largest absolute Gasteiger partial charge is 0.299 e. The molecule has 0 saturated heterocycles. The van der Waals surface area contributed by atoms with Crippen LogP contribution in [0.15, 0.2) is 4.90 Å². The lowest BCUT2D eigenvalue weighted by Crippen LogP contribution is -2.23. The number of hydrogen-bond donors (Lipinski definition) is 0. The summed E-state index contributed by atoms with van der Waals surface area (Å²) in [5, 5.41) is 0. The third-order valence-electron chi connectivity index (χ3n) is 3.37. The van der Waals surface area contributed by atoms with E-state index in [1.54, 1.807) is 0 Å². The van der Waals surface area contributed by atoms with E-state index in [1.165, 1.54) is 0 Å². The lowest BCUT2D eigenvalue weighted by molar-refractivity contribution is -0.131. The predicted molar refractivity (Wildman–Crippen MR) is 68.9 cm³/mol. The highest BCUT2D eigenvalue weighted by Crippen LogP contribution is 2.33. The number of benzene rings is 1. The summed E-state index contributed by atoms with van der Waals surface area (Å²) in [7, 11) is 0. The van der Waals surface area contributed by atoms with E-state index < -0.39 is 34.0 Å². The number of ketones is 2. The zero-order valence-electron chi connectivity index (χ0n) is 11.2. The maximum atomic E-state index is 13.4. The van der Waals surface area contributed by atoms with Gasteiger partial charge in [-0.1, -0.05) is 0 Å². The van der Waals surface area contributed by atoms with Gasteiger partial charge in [0.25, 0.3) is 0 Å². The van der Waals surface area contributed by atoms with Gasteiger partial charge >= 0.3 is 0 Å². The molecule has 0 aromatic heterocycles. The van der Waals surface area contributed by atoms with Crippen molar-refractivity contribution in [2.24, 2.45) is 5.92 Å². The molecule has 0 amide bonds. The van der Waals surface area contributed by atoms with Crippen LogP contribution in [0.2, 0.25) is 0 Å². The molecule has 2 rings (SSSR count). The molecule has 0 unspecified atom stereocenters. The number of thioether (sulfide) groups is 1. The van der Waals surface area contributed by atoms with Gasteiger partial charge < -0.3 is 0 Å². The Kier molecular flexibility index (Phi) is 5.20. The Balaban J connectivity index is 2.03. The molecular formula is C14H11F5O2S. The van der Waals surface area contributed by atoms with E-state index in [1.807, 2.05) is 0 Å². The average Bonchev–Trinajstić information content (AvgIpc) is 2.46. The van der Waals surface area contributed by atoms with Crippen LogP contribution in [-0.4, -0.2) is 17.3 Å². The molecule has 0 aliphatic heterocycles. The van der Waals surface area contributed by atoms with Crippen molar-refractivity contribution in [3.05, 3.63) is 29.1 Å². The molecule has 0 atom stereocenters. The second-order valence-corrected chi connectivity index (χ2v) is 6.17. The number of halogens is 5. The van der Waals surface area contributed by atoms with E-state index in [-0.39, 0.29) is 48.9 Å². The van der Waals surface area contributed by atoms with Crippen LogP contribution in [0.4, 0.5) is 22.0 Å². The van der Waals surface area contributed by atoms with E-state index >= 15 is 0 Å². The summed E-state index contributed by atoms with van der Waals surface area (Å²) in [6.45, 7) is 0. The molecule has 22 heavy (non-hydrogen) atoms. The lowest BCUT2D eigenvalue weighted by Gasteiger charge is -2.19. The van der Waals surface area contributed by atoms with Crippen molar-refractivity contribution in [1.82, 2.24) is 0 Å². The number of rotatable bonds is 4. The van der Waals surface area contributed by atoms with Crippen molar-refractivity contribution < 1.29 is 31.5 Å². The summed E-state index contributed by atoms with van der Waals surface area (Å²) in [6, 6.07) is 0. The van der Waals surface area contributed by atoms with Gasteiger partial charge in [-0.15, -0.1) is 11.8 Å². The predicted octanol–water partition coefficient (Wildman–Crippen LogP) is 3.80. The number of carbonyl (C=O) groups is 2. The molecule has 1 saturated carbocycles. The van der Waals surface area contributed by atoms with Crippen molar-refractivity contribution in [2.45, 2.75) is 30.6 Å². The van der Waals surface area contributed by atoms with Gasteiger partial charge in [0.2, 0.25) is 5.82 Å². The van der Waals surface area contributed by atoms with Gasteiger partial charge in [-0.05, 0) is 18.1 Å². The minimum Gasteiger partial charge on any atom is -0.299 e. The first-order chi connectivity index (χ1) is 10.3. The quantitative estimate of drug-likeness (QED) is 0.275. The third kappa shape index (κ3) is 3.48. The van der Waals surface area contributed by atoms with Crippen LogP contribution in [0.3, 0.4) is 0 Å². The van der Waals surface area contributed by atoms with Crippen LogP contribution < -0.4 is 0 Å². The van der Waals surface area contributed by atoms with E-state index in [0.29, 0.717) is 11.8 Å².